The number of likely N-dealkylation sites (tertiary alicyclic amines) is 1. The lowest BCUT2D eigenvalue weighted by atomic mass is 9.96. The molecule has 1 aromatic heterocycles. The van der Waals surface area contributed by atoms with Crippen molar-refractivity contribution in [3.8, 4) is 22.5 Å². The molecule has 11 nitrogen and oxygen atoms in total. The molecule has 0 bridgehead atoms. The molecule has 0 atom stereocenters. The molecule has 2 saturated heterocycles. The first kappa shape index (κ1) is 29.3. The lowest BCUT2D eigenvalue weighted by Gasteiger charge is -2.30. The van der Waals surface area contributed by atoms with Crippen molar-refractivity contribution in [1.82, 2.24) is 25.5 Å². The van der Waals surface area contributed by atoms with Crippen LogP contribution in [-0.4, -0.2) is 83.3 Å². The molecule has 43 heavy (non-hydrogen) atoms. The highest BCUT2D eigenvalue weighted by molar-refractivity contribution is 6.26. The smallest absolute Gasteiger partial charge is 0.333 e. The van der Waals surface area contributed by atoms with E-state index in [1.807, 2.05) is 41.4 Å². The summed E-state index contributed by atoms with van der Waals surface area (Å²) >= 11 is 5.53. The molecule has 2 aromatic carbocycles. The number of H-pyrrole nitrogens is 1. The van der Waals surface area contributed by atoms with Crippen molar-refractivity contribution in [3.63, 3.8) is 0 Å². The quantitative estimate of drug-likeness (QED) is 0.209. The van der Waals surface area contributed by atoms with Gasteiger partial charge in [-0.3, -0.25) is 25.0 Å². The highest BCUT2D eigenvalue weighted by atomic mass is 35.5. The number of nitrogens with one attached hydrogen (secondary N) is 3. The van der Waals surface area contributed by atoms with Gasteiger partial charge in [-0.05, 0) is 50.4 Å². The number of aromatic nitrogens is 2. The summed E-state index contributed by atoms with van der Waals surface area (Å²) in [5, 5.41) is 12.3. The third-order valence-corrected chi connectivity index (χ3v) is 8.39. The third kappa shape index (κ3) is 6.45. The number of urea groups is 1. The number of carbonyl (C=O) groups excluding carboxylic acids is 3. The summed E-state index contributed by atoms with van der Waals surface area (Å²) in [5.74, 6) is -0.485. The van der Waals surface area contributed by atoms with Crippen LogP contribution in [0.3, 0.4) is 0 Å². The second-order valence-corrected chi connectivity index (χ2v) is 11.3. The lowest BCUT2D eigenvalue weighted by Crippen LogP contribution is -2.47. The topological polar surface area (TPSA) is 129 Å². The molecule has 2 amide bonds. The minimum atomic E-state index is -0.398. The number of carbonyl (C=O) groups is 3. The zero-order valence-corrected chi connectivity index (χ0v) is 24.6. The van der Waals surface area contributed by atoms with Gasteiger partial charge in [-0.15, -0.1) is 0 Å². The molecule has 226 valence electrons. The van der Waals surface area contributed by atoms with E-state index in [2.05, 4.69) is 25.8 Å². The van der Waals surface area contributed by atoms with Crippen molar-refractivity contribution in [1.29, 1.82) is 0 Å². The Labute approximate surface area is 254 Å². The van der Waals surface area contributed by atoms with Crippen molar-refractivity contribution in [2.75, 3.05) is 50.8 Å². The number of ether oxygens (including phenoxy) is 2. The van der Waals surface area contributed by atoms with E-state index in [0.29, 0.717) is 46.9 Å². The summed E-state index contributed by atoms with van der Waals surface area (Å²) in [5.41, 5.74) is 8.20. The Morgan fingerprint density at radius 3 is 2.63 bits per heavy atom. The molecule has 0 unspecified atom stereocenters. The Morgan fingerprint density at radius 2 is 1.84 bits per heavy atom. The SMILES string of the molecule is O=C(Nc1cccc2c1C(=O)c1c(-c3ccc(CN4CCC(C(=O)OCCl)CC4)cc3)n[nH]c1-2)NN1CCCCOCC1. The van der Waals surface area contributed by atoms with Crippen LogP contribution in [0.15, 0.2) is 42.5 Å². The average molecular weight is 607 g/mol. The maximum atomic E-state index is 13.8. The van der Waals surface area contributed by atoms with Crippen LogP contribution in [0.25, 0.3) is 22.5 Å². The number of ketones is 1. The number of amides is 2. The zero-order valence-electron chi connectivity index (χ0n) is 23.9. The summed E-state index contributed by atoms with van der Waals surface area (Å²) in [4.78, 5) is 40.9. The van der Waals surface area contributed by atoms with Gasteiger partial charge in [0.25, 0.3) is 0 Å². The van der Waals surface area contributed by atoms with Gasteiger partial charge in [0, 0.05) is 37.4 Å². The number of alkyl halides is 1. The highest BCUT2D eigenvalue weighted by Gasteiger charge is 2.35. The Kier molecular flexibility index (Phi) is 9.03. The number of hydrogen-bond acceptors (Lipinski definition) is 8. The monoisotopic (exact) mass is 606 g/mol. The fraction of sp³-hybridized carbons (Fsp3) is 0.419. The van der Waals surface area contributed by atoms with Gasteiger partial charge >= 0.3 is 12.0 Å². The van der Waals surface area contributed by atoms with Crippen molar-refractivity contribution < 1.29 is 23.9 Å². The summed E-state index contributed by atoms with van der Waals surface area (Å²) in [6.45, 7) is 5.02. The predicted octanol–water partition coefficient (Wildman–Crippen LogP) is 4.39. The number of anilines is 1. The van der Waals surface area contributed by atoms with E-state index in [9.17, 15) is 14.4 Å². The molecule has 6 rings (SSSR count). The van der Waals surface area contributed by atoms with Crippen molar-refractivity contribution in [3.05, 3.63) is 59.2 Å². The third-order valence-electron chi connectivity index (χ3n) is 8.29. The second-order valence-electron chi connectivity index (χ2n) is 11.1. The molecular weight excluding hydrogens is 572 g/mol. The van der Waals surface area contributed by atoms with Crippen LogP contribution in [0.5, 0.6) is 0 Å². The maximum Gasteiger partial charge on any atom is 0.333 e. The molecule has 1 aliphatic carbocycles. The van der Waals surface area contributed by atoms with Crippen LogP contribution in [0, 0.1) is 5.92 Å². The number of rotatable bonds is 7. The molecule has 0 saturated carbocycles. The lowest BCUT2D eigenvalue weighted by molar-refractivity contribution is -0.148. The first-order valence-corrected chi connectivity index (χ1v) is 15.3. The molecular formula is C31H35ClN6O5. The van der Waals surface area contributed by atoms with Crippen LogP contribution < -0.4 is 10.7 Å². The van der Waals surface area contributed by atoms with Gasteiger partial charge < -0.3 is 14.8 Å². The molecule has 2 fully saturated rings. The molecule has 0 radical (unpaired) electrons. The standard InChI is InChI=1S/C31H35ClN6O5/c32-19-43-30(40)22-10-13-37(14-11-22)18-20-6-8-21(9-7-20)27-26-28(35-34-27)23-4-3-5-24(25(23)29(26)39)33-31(41)36-38-12-1-2-16-42-17-15-38/h3-9,22H,1-2,10-19H2,(H,34,35)(H2,33,36,41). The zero-order chi connectivity index (χ0) is 29.8. The van der Waals surface area contributed by atoms with Gasteiger partial charge in [0.15, 0.2) is 11.8 Å². The van der Waals surface area contributed by atoms with Gasteiger partial charge in [-0.2, -0.15) is 5.10 Å². The molecule has 3 N–H and O–H groups in total. The van der Waals surface area contributed by atoms with E-state index in [-0.39, 0.29) is 23.7 Å². The van der Waals surface area contributed by atoms with Gasteiger partial charge in [-0.1, -0.05) is 48.0 Å². The summed E-state index contributed by atoms with van der Waals surface area (Å²) in [6.07, 6.45) is 3.38. The van der Waals surface area contributed by atoms with Crippen LogP contribution in [0.4, 0.5) is 10.5 Å². The van der Waals surface area contributed by atoms with E-state index in [0.717, 1.165) is 69.6 Å². The van der Waals surface area contributed by atoms with Gasteiger partial charge in [0.2, 0.25) is 0 Å². The molecule has 0 spiro atoms. The van der Waals surface area contributed by atoms with Crippen LogP contribution in [-0.2, 0) is 20.8 Å². The van der Waals surface area contributed by atoms with Gasteiger partial charge in [0.05, 0.1) is 35.0 Å². The number of aromatic amines is 1. The van der Waals surface area contributed by atoms with Crippen molar-refractivity contribution in [2.24, 2.45) is 5.92 Å². The van der Waals surface area contributed by atoms with E-state index in [1.54, 1.807) is 6.07 Å². The van der Waals surface area contributed by atoms with E-state index in [1.165, 1.54) is 0 Å². The van der Waals surface area contributed by atoms with E-state index >= 15 is 0 Å². The normalized spacial score (nSPS) is 17.9. The number of nitrogens with zero attached hydrogens (tertiary/aromatic N) is 3. The fourth-order valence-corrected chi connectivity index (χ4v) is 6.13. The predicted molar refractivity (Wildman–Crippen MR) is 161 cm³/mol. The van der Waals surface area contributed by atoms with Gasteiger partial charge in [-0.25, -0.2) is 9.80 Å². The Balaban J connectivity index is 1.11. The Morgan fingerprint density at radius 1 is 1.02 bits per heavy atom. The van der Waals surface area contributed by atoms with Crippen LogP contribution in [0.2, 0.25) is 0 Å². The fourth-order valence-electron chi connectivity index (χ4n) is 6.03. The number of benzene rings is 2. The summed E-state index contributed by atoms with van der Waals surface area (Å²) in [6, 6.07) is 13.0. The molecule has 3 heterocycles. The average Bonchev–Trinajstić information content (AvgIpc) is 3.55. The van der Waals surface area contributed by atoms with Crippen LogP contribution >= 0.6 is 11.6 Å². The molecule has 3 aromatic rings. The number of hydrogen-bond donors (Lipinski definition) is 3. The molecule has 2 aliphatic heterocycles. The Hall–Kier alpha value is -3.77. The Bertz CT molecular complexity index is 1480. The van der Waals surface area contributed by atoms with E-state index < -0.39 is 6.03 Å². The number of fused-ring (bicyclic) bond motifs is 3. The van der Waals surface area contributed by atoms with Gasteiger partial charge in [0.1, 0.15) is 5.69 Å². The maximum absolute atomic E-state index is 13.8. The van der Waals surface area contributed by atoms with Crippen molar-refractivity contribution >= 4 is 35.1 Å². The summed E-state index contributed by atoms with van der Waals surface area (Å²) in [7, 11) is 0. The van der Waals surface area contributed by atoms with Crippen LogP contribution in [0.1, 0.15) is 47.2 Å². The minimum Gasteiger partial charge on any atom is -0.449 e. The largest absolute Gasteiger partial charge is 0.449 e. The number of halogens is 1. The number of esters is 1. The van der Waals surface area contributed by atoms with Crippen molar-refractivity contribution in [2.45, 2.75) is 32.2 Å². The summed E-state index contributed by atoms with van der Waals surface area (Å²) < 4.78 is 10.5. The number of piperidine rings is 1. The minimum absolute atomic E-state index is 0.0927. The first-order valence-electron chi connectivity index (χ1n) is 14.7. The highest BCUT2D eigenvalue weighted by Crippen LogP contribution is 2.43. The van der Waals surface area contributed by atoms with E-state index in [4.69, 9.17) is 21.1 Å². The second kappa shape index (κ2) is 13.3. The first-order chi connectivity index (χ1) is 21.0. The number of hydrazine groups is 1. The molecule has 12 heteroatoms. The molecule has 3 aliphatic rings.